The fourth-order valence-corrected chi connectivity index (χ4v) is 4.15. The second-order valence-corrected chi connectivity index (χ2v) is 7.86. The van der Waals surface area contributed by atoms with Gasteiger partial charge in [-0.2, -0.15) is 0 Å². The molecule has 8 heteroatoms. The summed E-state index contributed by atoms with van der Waals surface area (Å²) in [6.45, 7) is 0.370. The zero-order chi connectivity index (χ0) is 20.2. The van der Waals surface area contributed by atoms with Crippen LogP contribution in [0.1, 0.15) is 32.1 Å². The average Bonchev–Trinajstić information content (AvgIpc) is 3.14. The van der Waals surface area contributed by atoms with Crippen LogP contribution >= 0.6 is 11.6 Å². The number of benzene rings is 1. The summed E-state index contributed by atoms with van der Waals surface area (Å²) >= 11 is 6.42. The molecule has 1 saturated carbocycles. The van der Waals surface area contributed by atoms with Crippen molar-refractivity contribution in [2.75, 3.05) is 11.9 Å². The van der Waals surface area contributed by atoms with E-state index in [1.54, 1.807) is 6.20 Å². The Bertz CT molecular complexity index is 1000. The predicted molar refractivity (Wildman–Crippen MR) is 116 cm³/mol. The van der Waals surface area contributed by atoms with Gasteiger partial charge in [-0.1, -0.05) is 29.8 Å². The highest BCUT2D eigenvalue weighted by Gasteiger charge is 2.24. The van der Waals surface area contributed by atoms with Crippen LogP contribution in [0.4, 0.5) is 5.95 Å². The number of carbonyl (C=O) groups is 1. The van der Waals surface area contributed by atoms with Gasteiger partial charge in [0.1, 0.15) is 0 Å². The Morgan fingerprint density at radius 3 is 2.97 bits per heavy atom. The first kappa shape index (κ1) is 19.7. The number of anilines is 1. The molecule has 29 heavy (non-hydrogen) atoms. The van der Waals surface area contributed by atoms with Gasteiger partial charge in [0.15, 0.2) is 0 Å². The second-order valence-electron chi connectivity index (χ2n) is 7.45. The second kappa shape index (κ2) is 8.80. The van der Waals surface area contributed by atoms with Gasteiger partial charge in [-0.3, -0.25) is 4.79 Å². The summed E-state index contributed by atoms with van der Waals surface area (Å²) in [6.07, 6.45) is 7.79. The highest BCUT2D eigenvalue weighted by molar-refractivity contribution is 6.33. The highest BCUT2D eigenvalue weighted by atomic mass is 35.5. The van der Waals surface area contributed by atoms with Crippen molar-refractivity contribution in [1.29, 1.82) is 0 Å². The molecule has 2 heterocycles. The van der Waals surface area contributed by atoms with E-state index in [0.717, 1.165) is 42.1 Å². The van der Waals surface area contributed by atoms with Gasteiger partial charge < -0.3 is 21.4 Å². The van der Waals surface area contributed by atoms with E-state index in [1.807, 2.05) is 30.5 Å². The standard InChI is InChI=1S/C21H25ClN6O/c22-17-12-25-21(27-14-5-3-4-13(10-14)26-19(29)8-9-23)28-20(17)16-11-24-18-7-2-1-6-15(16)18/h1-2,6-7,11-14,24H,3-5,8-10,23H2,(H,26,29)(H,25,27,28)/t13-,14+/m0/s1. The maximum Gasteiger partial charge on any atom is 0.223 e. The maximum atomic E-state index is 11.8. The molecular formula is C21H25ClN6O. The minimum Gasteiger partial charge on any atom is -0.360 e. The molecule has 0 bridgehead atoms. The first-order valence-electron chi connectivity index (χ1n) is 9.99. The Morgan fingerprint density at radius 1 is 1.28 bits per heavy atom. The van der Waals surface area contributed by atoms with E-state index in [1.165, 1.54) is 0 Å². The molecule has 4 rings (SSSR count). The quantitative estimate of drug-likeness (QED) is 0.495. The molecule has 1 amide bonds. The number of hydrogen-bond donors (Lipinski definition) is 4. The van der Waals surface area contributed by atoms with Crippen LogP contribution in [0.5, 0.6) is 0 Å². The molecule has 152 valence electrons. The van der Waals surface area contributed by atoms with Crippen LogP contribution in [0.15, 0.2) is 36.7 Å². The molecule has 3 aromatic rings. The maximum absolute atomic E-state index is 11.8. The van der Waals surface area contributed by atoms with E-state index in [9.17, 15) is 4.79 Å². The van der Waals surface area contributed by atoms with Gasteiger partial charge in [0.25, 0.3) is 0 Å². The van der Waals surface area contributed by atoms with Crippen molar-refractivity contribution in [1.82, 2.24) is 20.3 Å². The number of halogens is 1. The molecule has 0 radical (unpaired) electrons. The SMILES string of the molecule is NCCC(=O)N[C@H]1CCC[C@@H](Nc2ncc(Cl)c(-c3c[nH]c4ccccc34)n2)C1. The lowest BCUT2D eigenvalue weighted by atomic mass is 9.91. The summed E-state index contributed by atoms with van der Waals surface area (Å²) < 4.78 is 0. The number of nitrogens with one attached hydrogen (secondary N) is 3. The van der Waals surface area contributed by atoms with Crippen molar-refractivity contribution < 1.29 is 4.79 Å². The minimum absolute atomic E-state index is 0.0162. The van der Waals surface area contributed by atoms with Crippen LogP contribution in [0.25, 0.3) is 22.2 Å². The number of hydrogen-bond acceptors (Lipinski definition) is 5. The lowest BCUT2D eigenvalue weighted by Gasteiger charge is -2.30. The minimum atomic E-state index is 0.0162. The first-order valence-corrected chi connectivity index (χ1v) is 10.4. The molecule has 1 fully saturated rings. The van der Waals surface area contributed by atoms with Crippen molar-refractivity contribution in [2.24, 2.45) is 5.73 Å². The van der Waals surface area contributed by atoms with Crippen LogP contribution in [-0.2, 0) is 4.79 Å². The molecule has 0 saturated heterocycles. The molecule has 2 atom stereocenters. The van der Waals surface area contributed by atoms with Crippen LogP contribution < -0.4 is 16.4 Å². The highest BCUT2D eigenvalue weighted by Crippen LogP contribution is 2.32. The number of nitrogens with zero attached hydrogens (tertiary/aromatic N) is 2. The molecule has 1 aromatic carbocycles. The lowest BCUT2D eigenvalue weighted by Crippen LogP contribution is -2.42. The van der Waals surface area contributed by atoms with E-state index >= 15 is 0 Å². The summed E-state index contributed by atoms with van der Waals surface area (Å²) in [5, 5.41) is 8.08. The third-order valence-electron chi connectivity index (χ3n) is 5.33. The zero-order valence-electron chi connectivity index (χ0n) is 16.1. The monoisotopic (exact) mass is 412 g/mol. The van der Waals surface area contributed by atoms with Crippen molar-refractivity contribution in [2.45, 2.75) is 44.2 Å². The number of carbonyl (C=O) groups excluding carboxylic acids is 1. The Kier molecular flexibility index (Phi) is 5.97. The third-order valence-corrected chi connectivity index (χ3v) is 5.61. The summed E-state index contributed by atoms with van der Waals surface area (Å²) in [4.78, 5) is 24.2. The molecular weight excluding hydrogens is 388 g/mol. The summed E-state index contributed by atoms with van der Waals surface area (Å²) in [6, 6.07) is 8.40. The Hall–Kier alpha value is -2.64. The van der Waals surface area contributed by atoms with Crippen molar-refractivity contribution in [3.05, 3.63) is 41.7 Å². The van der Waals surface area contributed by atoms with Crippen molar-refractivity contribution in [3.63, 3.8) is 0 Å². The van der Waals surface area contributed by atoms with Crippen molar-refractivity contribution >= 4 is 34.4 Å². The van der Waals surface area contributed by atoms with Gasteiger partial charge >= 0.3 is 0 Å². The number of amides is 1. The van der Waals surface area contributed by atoms with Gasteiger partial charge in [-0.15, -0.1) is 0 Å². The predicted octanol–water partition coefficient (Wildman–Crippen LogP) is 3.47. The number of aromatic nitrogens is 3. The van der Waals surface area contributed by atoms with Crippen LogP contribution in [0.2, 0.25) is 5.02 Å². The summed E-state index contributed by atoms with van der Waals surface area (Å²) in [7, 11) is 0. The van der Waals surface area contributed by atoms with Crippen LogP contribution in [0, 0.1) is 0 Å². The summed E-state index contributed by atoms with van der Waals surface area (Å²) in [5.41, 5.74) is 8.15. The molecule has 1 aliphatic carbocycles. The lowest BCUT2D eigenvalue weighted by molar-refractivity contribution is -0.121. The van der Waals surface area contributed by atoms with Gasteiger partial charge in [-0.25, -0.2) is 9.97 Å². The van der Waals surface area contributed by atoms with Gasteiger partial charge in [0, 0.05) is 47.7 Å². The number of fused-ring (bicyclic) bond motifs is 1. The van der Waals surface area contributed by atoms with Crippen molar-refractivity contribution in [3.8, 4) is 11.3 Å². The molecule has 0 unspecified atom stereocenters. The van der Waals surface area contributed by atoms with Crippen LogP contribution in [0.3, 0.4) is 0 Å². The topological polar surface area (TPSA) is 109 Å². The van der Waals surface area contributed by atoms with E-state index in [2.05, 4.69) is 20.6 Å². The largest absolute Gasteiger partial charge is 0.360 e. The number of nitrogens with two attached hydrogens (primary N) is 1. The molecule has 0 spiro atoms. The number of rotatable bonds is 6. The molecule has 0 aliphatic heterocycles. The van der Waals surface area contributed by atoms with Gasteiger partial charge in [0.2, 0.25) is 11.9 Å². The number of para-hydroxylation sites is 1. The first-order chi connectivity index (χ1) is 14.1. The zero-order valence-corrected chi connectivity index (χ0v) is 16.9. The Labute approximate surface area is 174 Å². The van der Waals surface area contributed by atoms with Gasteiger partial charge in [0.05, 0.1) is 16.9 Å². The third kappa shape index (κ3) is 4.52. The fraction of sp³-hybridized carbons (Fsp3) is 0.381. The molecule has 1 aliphatic rings. The fourth-order valence-electron chi connectivity index (χ4n) is 3.96. The molecule has 7 nitrogen and oxygen atoms in total. The van der Waals surface area contributed by atoms with E-state index in [0.29, 0.717) is 29.6 Å². The smallest absolute Gasteiger partial charge is 0.223 e. The van der Waals surface area contributed by atoms with Gasteiger partial charge in [-0.05, 0) is 31.7 Å². The normalized spacial score (nSPS) is 19.2. The van der Waals surface area contributed by atoms with E-state index < -0.39 is 0 Å². The molecule has 5 N–H and O–H groups in total. The van der Waals surface area contributed by atoms with E-state index in [-0.39, 0.29) is 18.0 Å². The Morgan fingerprint density at radius 2 is 2.10 bits per heavy atom. The summed E-state index contributed by atoms with van der Waals surface area (Å²) in [5.74, 6) is 0.566. The molecule has 2 aromatic heterocycles. The van der Waals surface area contributed by atoms with Crippen LogP contribution in [-0.4, -0.2) is 39.5 Å². The number of aromatic amines is 1. The number of H-pyrrole nitrogens is 1. The van der Waals surface area contributed by atoms with E-state index in [4.69, 9.17) is 22.3 Å². The average molecular weight is 413 g/mol. The Balaban J connectivity index is 1.50.